The van der Waals surface area contributed by atoms with E-state index in [9.17, 15) is 18.3 Å². The maximum absolute atomic E-state index is 12.6. The average Bonchev–Trinajstić information content (AvgIpc) is 3.18. The van der Waals surface area contributed by atoms with Crippen molar-refractivity contribution < 1.29 is 18.3 Å². The Morgan fingerprint density at radius 2 is 1.83 bits per heavy atom. The lowest BCUT2D eigenvalue weighted by atomic mass is 10.00. The summed E-state index contributed by atoms with van der Waals surface area (Å²) in [7, 11) is 0. The molecule has 1 aromatic carbocycles. The number of thiophene rings is 1. The van der Waals surface area contributed by atoms with Gasteiger partial charge in [-0.3, -0.25) is 0 Å². The van der Waals surface area contributed by atoms with Crippen LogP contribution in [0, 0.1) is 11.8 Å². The van der Waals surface area contributed by atoms with Gasteiger partial charge in [0.2, 0.25) is 0 Å². The second-order valence-corrected chi connectivity index (χ2v) is 6.99. The molecule has 3 N–H and O–H groups in total. The Labute approximate surface area is 189 Å². The van der Waals surface area contributed by atoms with Crippen molar-refractivity contribution in [3.63, 3.8) is 0 Å². The van der Waals surface area contributed by atoms with Crippen LogP contribution < -0.4 is 10.6 Å². The van der Waals surface area contributed by atoms with Crippen LogP contribution >= 0.6 is 35.3 Å². The number of halogens is 4. The van der Waals surface area contributed by atoms with Gasteiger partial charge in [0.05, 0.1) is 18.7 Å². The number of hydrogen-bond acceptors (Lipinski definition) is 3. The van der Waals surface area contributed by atoms with Crippen LogP contribution in [-0.2, 0) is 11.8 Å². The SMILES string of the molecule is CCNC(=NCC(C)(O)c1ccsc1)NCC#Cc1ccc(C(F)(F)F)cc1.I. The molecule has 1 unspecified atom stereocenters. The highest BCUT2D eigenvalue weighted by atomic mass is 127. The second kappa shape index (κ2) is 11.4. The van der Waals surface area contributed by atoms with Gasteiger partial charge in [0.25, 0.3) is 0 Å². The smallest absolute Gasteiger partial charge is 0.383 e. The summed E-state index contributed by atoms with van der Waals surface area (Å²) in [5.74, 6) is 6.15. The van der Waals surface area contributed by atoms with Crippen LogP contribution in [0.3, 0.4) is 0 Å². The number of aliphatic hydroxyl groups is 1. The zero-order valence-electron chi connectivity index (χ0n) is 16.0. The summed E-state index contributed by atoms with van der Waals surface area (Å²) in [4.78, 5) is 4.38. The molecule has 2 aromatic rings. The van der Waals surface area contributed by atoms with Crippen LogP contribution in [0.25, 0.3) is 0 Å². The first-order valence-corrected chi connectivity index (χ1v) is 9.60. The van der Waals surface area contributed by atoms with Crippen LogP contribution in [0.4, 0.5) is 13.2 Å². The van der Waals surface area contributed by atoms with E-state index in [0.29, 0.717) is 18.1 Å². The van der Waals surface area contributed by atoms with Gasteiger partial charge in [-0.2, -0.15) is 24.5 Å². The van der Waals surface area contributed by atoms with E-state index >= 15 is 0 Å². The molecule has 0 aliphatic rings. The predicted octanol–water partition coefficient (Wildman–Crippen LogP) is 4.20. The van der Waals surface area contributed by atoms with Gasteiger partial charge in [0.15, 0.2) is 5.96 Å². The molecule has 2 rings (SSSR count). The Kier molecular flexibility index (Phi) is 9.95. The fraction of sp³-hybridized carbons (Fsp3) is 0.350. The minimum Gasteiger partial charge on any atom is -0.383 e. The number of nitrogens with one attached hydrogen (secondary N) is 2. The largest absolute Gasteiger partial charge is 0.416 e. The van der Waals surface area contributed by atoms with Crippen LogP contribution in [0.15, 0.2) is 46.1 Å². The van der Waals surface area contributed by atoms with Crippen molar-refractivity contribution in [2.75, 3.05) is 19.6 Å². The molecule has 0 bridgehead atoms. The third kappa shape index (κ3) is 8.24. The van der Waals surface area contributed by atoms with Crippen molar-refractivity contribution in [1.82, 2.24) is 10.6 Å². The zero-order valence-corrected chi connectivity index (χ0v) is 19.2. The third-order valence-electron chi connectivity index (χ3n) is 3.82. The van der Waals surface area contributed by atoms with Gasteiger partial charge in [0, 0.05) is 12.1 Å². The van der Waals surface area contributed by atoms with Crippen LogP contribution in [0.1, 0.15) is 30.5 Å². The number of aliphatic imine (C=N–C) groups is 1. The van der Waals surface area contributed by atoms with Gasteiger partial charge in [-0.15, -0.1) is 24.0 Å². The number of rotatable bonds is 5. The summed E-state index contributed by atoms with van der Waals surface area (Å²) in [6.07, 6.45) is -4.35. The highest BCUT2D eigenvalue weighted by Crippen LogP contribution is 2.29. The van der Waals surface area contributed by atoms with Crippen LogP contribution in [0.5, 0.6) is 0 Å². The van der Waals surface area contributed by atoms with Gasteiger partial charge in [0.1, 0.15) is 5.60 Å². The summed E-state index contributed by atoms with van der Waals surface area (Å²) in [6.45, 7) is 4.69. The lowest BCUT2D eigenvalue weighted by molar-refractivity contribution is -0.137. The van der Waals surface area contributed by atoms with E-state index < -0.39 is 17.3 Å². The summed E-state index contributed by atoms with van der Waals surface area (Å²) >= 11 is 1.51. The first-order chi connectivity index (χ1) is 13.2. The zero-order chi connectivity index (χ0) is 20.6. The third-order valence-corrected chi connectivity index (χ3v) is 4.50. The lowest BCUT2D eigenvalue weighted by Crippen LogP contribution is -2.39. The van der Waals surface area contributed by atoms with E-state index in [1.807, 2.05) is 23.8 Å². The molecule has 0 fully saturated rings. The van der Waals surface area contributed by atoms with E-state index in [1.165, 1.54) is 23.5 Å². The standard InChI is InChI=1S/C20H22F3N3OS.HI/c1-3-24-18(26-14-19(2,27)17-10-12-28-13-17)25-11-4-5-15-6-8-16(9-7-15)20(21,22)23;/h6-10,12-13,27H,3,11,14H2,1-2H3,(H2,24,25,26);1H. The first kappa shape index (κ1) is 25.3. The molecular formula is C20H23F3IN3OS. The van der Waals surface area contributed by atoms with Crippen molar-refractivity contribution in [1.29, 1.82) is 0 Å². The first-order valence-electron chi connectivity index (χ1n) is 8.66. The Morgan fingerprint density at radius 3 is 2.38 bits per heavy atom. The number of nitrogens with zero attached hydrogens (tertiary/aromatic N) is 1. The monoisotopic (exact) mass is 537 g/mol. The van der Waals surface area contributed by atoms with Gasteiger partial charge >= 0.3 is 6.18 Å². The molecule has 158 valence electrons. The van der Waals surface area contributed by atoms with Crippen molar-refractivity contribution in [2.24, 2.45) is 4.99 Å². The van der Waals surface area contributed by atoms with E-state index in [-0.39, 0.29) is 37.1 Å². The second-order valence-electron chi connectivity index (χ2n) is 6.21. The van der Waals surface area contributed by atoms with E-state index in [0.717, 1.165) is 17.7 Å². The Balaban J connectivity index is 0.00000420. The maximum atomic E-state index is 12.6. The Hall–Kier alpha value is -1.77. The van der Waals surface area contributed by atoms with E-state index in [2.05, 4.69) is 27.5 Å². The van der Waals surface area contributed by atoms with Crippen LogP contribution in [0.2, 0.25) is 0 Å². The molecule has 0 radical (unpaired) electrons. The van der Waals surface area contributed by atoms with Gasteiger partial charge < -0.3 is 15.7 Å². The molecule has 29 heavy (non-hydrogen) atoms. The molecule has 0 saturated heterocycles. The van der Waals surface area contributed by atoms with Crippen molar-refractivity contribution >= 4 is 41.3 Å². The Morgan fingerprint density at radius 1 is 1.14 bits per heavy atom. The van der Waals surface area contributed by atoms with Crippen LogP contribution in [-0.4, -0.2) is 30.7 Å². The topological polar surface area (TPSA) is 56.7 Å². The fourth-order valence-corrected chi connectivity index (χ4v) is 3.04. The average molecular weight is 537 g/mol. The molecule has 0 amide bonds. The normalized spacial score (nSPS) is 13.5. The quantitative estimate of drug-likeness (QED) is 0.232. The molecule has 4 nitrogen and oxygen atoms in total. The summed E-state index contributed by atoms with van der Waals surface area (Å²) in [5.41, 5.74) is -0.472. The van der Waals surface area contributed by atoms with Gasteiger partial charge in [-0.1, -0.05) is 11.8 Å². The number of benzene rings is 1. The summed E-state index contributed by atoms with van der Waals surface area (Å²) < 4.78 is 37.7. The molecule has 0 spiro atoms. The van der Waals surface area contributed by atoms with Crippen molar-refractivity contribution in [3.8, 4) is 11.8 Å². The van der Waals surface area contributed by atoms with Gasteiger partial charge in [-0.05, 0) is 60.5 Å². The Bertz CT molecular complexity index is 839. The number of alkyl halides is 3. The minimum atomic E-state index is -4.35. The molecule has 0 saturated carbocycles. The minimum absolute atomic E-state index is 0. The van der Waals surface area contributed by atoms with Gasteiger partial charge in [-0.25, -0.2) is 4.99 Å². The molecule has 1 aromatic heterocycles. The molecule has 0 aliphatic heterocycles. The molecular weight excluding hydrogens is 514 g/mol. The lowest BCUT2D eigenvalue weighted by Gasteiger charge is -2.20. The number of hydrogen-bond donors (Lipinski definition) is 3. The van der Waals surface area contributed by atoms with E-state index in [4.69, 9.17) is 0 Å². The maximum Gasteiger partial charge on any atom is 0.416 e. The highest BCUT2D eigenvalue weighted by Gasteiger charge is 2.29. The summed E-state index contributed by atoms with van der Waals surface area (Å²) in [5, 5.41) is 20.4. The predicted molar refractivity (Wildman–Crippen MR) is 122 cm³/mol. The summed E-state index contributed by atoms with van der Waals surface area (Å²) in [6, 6.07) is 6.56. The molecule has 1 atom stereocenters. The molecule has 0 aliphatic carbocycles. The van der Waals surface area contributed by atoms with Crippen molar-refractivity contribution in [2.45, 2.75) is 25.6 Å². The molecule has 9 heteroatoms. The van der Waals surface area contributed by atoms with E-state index in [1.54, 1.807) is 6.92 Å². The van der Waals surface area contributed by atoms with Crippen molar-refractivity contribution in [3.05, 3.63) is 57.8 Å². The molecule has 1 heterocycles. The highest BCUT2D eigenvalue weighted by molar-refractivity contribution is 14.0. The number of guanidine groups is 1. The fourth-order valence-electron chi connectivity index (χ4n) is 2.25.